The van der Waals surface area contributed by atoms with E-state index in [4.69, 9.17) is 0 Å². The predicted octanol–water partition coefficient (Wildman–Crippen LogP) is 3.19. The van der Waals surface area contributed by atoms with Gasteiger partial charge in [-0.25, -0.2) is 0 Å². The maximum Gasteiger partial charge on any atom is 0.191 e. The summed E-state index contributed by atoms with van der Waals surface area (Å²) in [5.41, 5.74) is 2.64. The van der Waals surface area contributed by atoms with E-state index in [1.165, 1.54) is 30.6 Å². The molecule has 1 saturated carbocycles. The molecule has 6 nitrogen and oxygen atoms in total. The van der Waals surface area contributed by atoms with E-state index >= 15 is 0 Å². The van der Waals surface area contributed by atoms with Crippen molar-refractivity contribution in [1.82, 2.24) is 20.4 Å². The fraction of sp³-hybridized carbons (Fsp3) is 0.708. The summed E-state index contributed by atoms with van der Waals surface area (Å²) in [6.45, 7) is 8.50. The van der Waals surface area contributed by atoms with Crippen molar-refractivity contribution in [2.24, 2.45) is 4.99 Å². The Balaban J connectivity index is 0.00000363. The Labute approximate surface area is 214 Å². The summed E-state index contributed by atoms with van der Waals surface area (Å²) in [6, 6.07) is 9.32. The smallest absolute Gasteiger partial charge is 0.191 e. The molecule has 2 aliphatic rings. The molecule has 0 spiro atoms. The van der Waals surface area contributed by atoms with Gasteiger partial charge in [0, 0.05) is 61.1 Å². The Morgan fingerprint density at radius 2 is 1.84 bits per heavy atom. The first-order valence-electron chi connectivity index (χ1n) is 11.9. The van der Waals surface area contributed by atoms with Crippen molar-refractivity contribution in [3.8, 4) is 0 Å². The molecule has 3 atom stereocenters. The largest absolute Gasteiger partial charge is 0.354 e. The summed E-state index contributed by atoms with van der Waals surface area (Å²) >= 11 is 0. The Morgan fingerprint density at radius 1 is 1.09 bits per heavy atom. The summed E-state index contributed by atoms with van der Waals surface area (Å²) in [5, 5.41) is 7.33. The maximum atomic E-state index is 12.2. The lowest BCUT2D eigenvalue weighted by atomic mass is 9.95. The molecular weight excluding hydrogens is 533 g/mol. The molecule has 3 unspecified atom stereocenters. The van der Waals surface area contributed by atoms with Gasteiger partial charge in [-0.15, -0.1) is 24.0 Å². The van der Waals surface area contributed by atoms with Crippen molar-refractivity contribution in [1.29, 1.82) is 0 Å². The molecule has 1 aromatic rings. The quantitative estimate of drug-likeness (QED) is 0.297. The summed E-state index contributed by atoms with van der Waals surface area (Å²) in [7, 11) is 3.34. The molecule has 182 valence electrons. The number of rotatable bonds is 7. The summed E-state index contributed by atoms with van der Waals surface area (Å²) in [4.78, 5) is 9.39. The van der Waals surface area contributed by atoms with Crippen LogP contribution in [-0.4, -0.2) is 77.3 Å². The molecule has 0 aromatic heterocycles. The van der Waals surface area contributed by atoms with E-state index in [-0.39, 0.29) is 24.0 Å². The first-order chi connectivity index (χ1) is 15.1. The van der Waals surface area contributed by atoms with Gasteiger partial charge in [0.2, 0.25) is 0 Å². The van der Waals surface area contributed by atoms with Crippen LogP contribution in [0.15, 0.2) is 29.3 Å². The number of likely N-dealkylation sites (N-methyl/N-ethyl adjacent to an activating group) is 1. The van der Waals surface area contributed by atoms with Crippen molar-refractivity contribution in [2.75, 3.05) is 46.0 Å². The lowest BCUT2D eigenvalue weighted by Gasteiger charge is -2.30. The molecule has 1 saturated heterocycles. The van der Waals surface area contributed by atoms with Crippen LogP contribution < -0.4 is 10.6 Å². The maximum absolute atomic E-state index is 12.2. The van der Waals surface area contributed by atoms with Gasteiger partial charge in [0.25, 0.3) is 0 Å². The topological polar surface area (TPSA) is 60.0 Å². The van der Waals surface area contributed by atoms with Crippen LogP contribution in [0.2, 0.25) is 0 Å². The number of guanidine groups is 1. The minimum Gasteiger partial charge on any atom is -0.354 e. The lowest BCUT2D eigenvalue weighted by molar-refractivity contribution is 0.269. The highest BCUT2D eigenvalue weighted by atomic mass is 127. The average Bonchev–Trinajstić information content (AvgIpc) is 3.01. The average molecular weight is 576 g/mol. The van der Waals surface area contributed by atoms with E-state index < -0.39 is 10.8 Å². The van der Waals surface area contributed by atoms with Crippen molar-refractivity contribution in [2.45, 2.75) is 63.4 Å². The van der Waals surface area contributed by atoms with Crippen LogP contribution in [0, 0.1) is 0 Å². The Kier molecular flexibility index (Phi) is 12.5. The van der Waals surface area contributed by atoms with Gasteiger partial charge in [0.1, 0.15) is 0 Å². The standard InChI is InChI=1S/C24H41N5OS.HI/c1-4-31(30)23-8-5-7-22(17-23)27-24(25-2)26-18-20-9-11-21(12-10-20)19-29-14-6-13-28(3)15-16-29;/h9-12,22-23H,4-8,13-19H2,1-3H3,(H2,25,26,27);1H. The molecular formula is C24H42IN5OS. The molecule has 32 heavy (non-hydrogen) atoms. The number of benzene rings is 1. The molecule has 0 radical (unpaired) electrons. The minimum absolute atomic E-state index is 0. The van der Waals surface area contributed by atoms with E-state index in [0.717, 1.165) is 63.6 Å². The molecule has 0 amide bonds. The normalized spacial score (nSPS) is 24.3. The number of hydrogen-bond donors (Lipinski definition) is 2. The minimum atomic E-state index is -0.699. The lowest BCUT2D eigenvalue weighted by Crippen LogP contribution is -2.46. The molecule has 2 fully saturated rings. The first-order valence-corrected chi connectivity index (χ1v) is 13.3. The number of halogens is 1. The van der Waals surface area contributed by atoms with Crippen molar-refractivity contribution >= 4 is 40.7 Å². The van der Waals surface area contributed by atoms with E-state index in [2.05, 4.69) is 56.7 Å². The van der Waals surface area contributed by atoms with Crippen molar-refractivity contribution < 1.29 is 4.21 Å². The second kappa shape index (κ2) is 14.5. The Hall–Kier alpha value is -0.710. The van der Waals surface area contributed by atoms with Gasteiger partial charge in [-0.3, -0.25) is 14.1 Å². The third-order valence-electron chi connectivity index (χ3n) is 6.55. The van der Waals surface area contributed by atoms with Gasteiger partial charge < -0.3 is 15.5 Å². The molecule has 3 rings (SSSR count). The van der Waals surface area contributed by atoms with Gasteiger partial charge in [-0.05, 0) is 56.9 Å². The van der Waals surface area contributed by atoms with E-state index in [1.54, 1.807) is 0 Å². The van der Waals surface area contributed by atoms with Gasteiger partial charge in [0.15, 0.2) is 5.96 Å². The van der Waals surface area contributed by atoms with Gasteiger partial charge in [0.05, 0.1) is 0 Å². The third kappa shape index (κ3) is 8.91. The molecule has 2 N–H and O–H groups in total. The zero-order valence-electron chi connectivity index (χ0n) is 20.0. The van der Waals surface area contributed by atoms with Gasteiger partial charge in [-0.2, -0.15) is 0 Å². The Morgan fingerprint density at radius 3 is 2.56 bits per heavy atom. The van der Waals surface area contributed by atoms with Crippen molar-refractivity contribution in [3.05, 3.63) is 35.4 Å². The zero-order chi connectivity index (χ0) is 22.1. The summed E-state index contributed by atoms with van der Waals surface area (Å²) < 4.78 is 12.2. The van der Waals surface area contributed by atoms with E-state index in [9.17, 15) is 4.21 Å². The highest BCUT2D eigenvalue weighted by molar-refractivity contribution is 14.0. The molecule has 0 bridgehead atoms. The van der Waals surface area contributed by atoms with Crippen LogP contribution in [0.3, 0.4) is 0 Å². The van der Waals surface area contributed by atoms with Crippen LogP contribution in [0.25, 0.3) is 0 Å². The van der Waals surface area contributed by atoms with Crippen LogP contribution in [-0.2, 0) is 23.9 Å². The third-order valence-corrected chi connectivity index (χ3v) is 8.29. The highest BCUT2D eigenvalue weighted by Gasteiger charge is 2.26. The SMILES string of the molecule is CCS(=O)C1CCCC(NC(=NC)NCc2ccc(CN3CCCN(C)CC3)cc2)C1.I. The van der Waals surface area contributed by atoms with E-state index in [1.807, 2.05) is 14.0 Å². The number of hydrogen-bond acceptors (Lipinski definition) is 4. The monoisotopic (exact) mass is 575 g/mol. The summed E-state index contributed by atoms with van der Waals surface area (Å²) in [6.07, 6.45) is 5.58. The van der Waals surface area contributed by atoms with Crippen LogP contribution in [0.5, 0.6) is 0 Å². The fourth-order valence-electron chi connectivity index (χ4n) is 4.60. The molecule has 1 aromatic carbocycles. The highest BCUT2D eigenvalue weighted by Crippen LogP contribution is 2.23. The molecule has 8 heteroatoms. The van der Waals surface area contributed by atoms with Crippen LogP contribution >= 0.6 is 24.0 Å². The predicted molar refractivity (Wildman–Crippen MR) is 147 cm³/mol. The van der Waals surface area contributed by atoms with Gasteiger partial charge in [-0.1, -0.05) is 37.6 Å². The number of nitrogens with zero attached hydrogens (tertiary/aromatic N) is 3. The molecule has 1 aliphatic heterocycles. The molecule has 1 heterocycles. The van der Waals surface area contributed by atoms with Crippen molar-refractivity contribution in [3.63, 3.8) is 0 Å². The summed E-state index contributed by atoms with van der Waals surface area (Å²) in [5.74, 6) is 1.60. The fourth-order valence-corrected chi connectivity index (χ4v) is 5.95. The zero-order valence-corrected chi connectivity index (χ0v) is 23.2. The number of aliphatic imine (C=N–C) groups is 1. The Bertz CT molecular complexity index is 730. The van der Waals surface area contributed by atoms with Crippen LogP contribution in [0.4, 0.5) is 0 Å². The van der Waals surface area contributed by atoms with Gasteiger partial charge >= 0.3 is 0 Å². The van der Waals surface area contributed by atoms with Crippen LogP contribution in [0.1, 0.15) is 50.2 Å². The second-order valence-corrected chi connectivity index (χ2v) is 11.0. The first kappa shape index (κ1) is 27.5. The molecule has 1 aliphatic carbocycles. The second-order valence-electron chi connectivity index (χ2n) is 8.97. The van der Waals surface area contributed by atoms with E-state index in [0.29, 0.717) is 11.3 Å². The number of nitrogens with one attached hydrogen (secondary N) is 2.